The molecule has 92 valence electrons. The van der Waals surface area contributed by atoms with Gasteiger partial charge in [-0.15, -0.1) is 0 Å². The van der Waals surface area contributed by atoms with Crippen LogP contribution in [0.5, 0.6) is 0 Å². The first-order chi connectivity index (χ1) is 8.74. The second-order valence-electron chi connectivity index (χ2n) is 4.67. The summed E-state index contributed by atoms with van der Waals surface area (Å²) in [6.07, 6.45) is 3.36. The van der Waals surface area contributed by atoms with Crippen molar-refractivity contribution < 1.29 is 4.79 Å². The zero-order chi connectivity index (χ0) is 12.5. The average Bonchev–Trinajstić information content (AvgIpc) is 2.76. The maximum absolute atomic E-state index is 11.6. The van der Waals surface area contributed by atoms with E-state index in [1.54, 1.807) is 6.20 Å². The van der Waals surface area contributed by atoms with Crippen LogP contribution < -0.4 is 5.73 Å². The molecule has 0 unspecified atom stereocenters. The SMILES string of the molecule is Nc1nccc2ccc(CN3CCCC3=O)cc12. The number of benzene rings is 1. The van der Waals surface area contributed by atoms with Crippen molar-refractivity contribution in [3.8, 4) is 0 Å². The highest BCUT2D eigenvalue weighted by Gasteiger charge is 2.19. The molecule has 1 aromatic heterocycles. The molecule has 0 spiro atoms. The lowest BCUT2D eigenvalue weighted by Gasteiger charge is -2.15. The van der Waals surface area contributed by atoms with Gasteiger partial charge in [0.25, 0.3) is 0 Å². The summed E-state index contributed by atoms with van der Waals surface area (Å²) in [5.41, 5.74) is 6.98. The van der Waals surface area contributed by atoms with Gasteiger partial charge in [0.2, 0.25) is 5.91 Å². The summed E-state index contributed by atoms with van der Waals surface area (Å²) in [6, 6.07) is 8.05. The van der Waals surface area contributed by atoms with Crippen molar-refractivity contribution in [1.82, 2.24) is 9.88 Å². The minimum atomic E-state index is 0.245. The van der Waals surface area contributed by atoms with Crippen LogP contribution in [0.4, 0.5) is 5.82 Å². The minimum Gasteiger partial charge on any atom is -0.383 e. The lowest BCUT2D eigenvalue weighted by atomic mass is 10.1. The molecule has 4 heteroatoms. The largest absolute Gasteiger partial charge is 0.383 e. The summed E-state index contributed by atoms with van der Waals surface area (Å²) in [5, 5.41) is 2.04. The van der Waals surface area contributed by atoms with Crippen LogP contribution in [0.2, 0.25) is 0 Å². The lowest BCUT2D eigenvalue weighted by molar-refractivity contribution is -0.128. The number of nitrogens with two attached hydrogens (primary N) is 1. The highest BCUT2D eigenvalue weighted by atomic mass is 16.2. The predicted molar refractivity (Wildman–Crippen MR) is 70.8 cm³/mol. The van der Waals surface area contributed by atoms with Gasteiger partial charge in [-0.2, -0.15) is 0 Å². The highest BCUT2D eigenvalue weighted by molar-refractivity contribution is 5.91. The van der Waals surface area contributed by atoms with Gasteiger partial charge >= 0.3 is 0 Å². The van der Waals surface area contributed by atoms with E-state index >= 15 is 0 Å². The first kappa shape index (κ1) is 11.0. The molecule has 0 saturated carbocycles. The number of fused-ring (bicyclic) bond motifs is 1. The standard InChI is InChI=1S/C14H15N3O/c15-14-12-8-10(3-4-11(12)5-6-16-14)9-17-7-1-2-13(17)18/h3-6,8H,1-2,7,9H2,(H2,15,16). The molecular weight excluding hydrogens is 226 g/mol. The van der Waals surface area contributed by atoms with E-state index < -0.39 is 0 Å². The summed E-state index contributed by atoms with van der Waals surface area (Å²) < 4.78 is 0. The van der Waals surface area contributed by atoms with Crippen LogP contribution in [0.25, 0.3) is 10.8 Å². The number of pyridine rings is 1. The van der Waals surface area contributed by atoms with E-state index in [-0.39, 0.29) is 5.91 Å². The Hall–Kier alpha value is -2.10. The predicted octanol–water partition coefficient (Wildman–Crippen LogP) is 1.94. The number of amides is 1. The summed E-state index contributed by atoms with van der Waals surface area (Å²) >= 11 is 0. The Morgan fingerprint density at radius 1 is 1.33 bits per heavy atom. The van der Waals surface area contributed by atoms with Gasteiger partial charge in [-0.3, -0.25) is 4.79 Å². The topological polar surface area (TPSA) is 59.2 Å². The van der Waals surface area contributed by atoms with E-state index in [1.807, 2.05) is 29.2 Å². The Kier molecular flexibility index (Phi) is 2.63. The average molecular weight is 241 g/mol. The number of carbonyl (C=O) groups is 1. The molecule has 0 bridgehead atoms. The van der Waals surface area contributed by atoms with E-state index in [4.69, 9.17) is 5.73 Å². The second-order valence-corrected chi connectivity index (χ2v) is 4.67. The zero-order valence-electron chi connectivity index (χ0n) is 10.1. The van der Waals surface area contributed by atoms with Crippen molar-refractivity contribution in [2.45, 2.75) is 19.4 Å². The van der Waals surface area contributed by atoms with Crippen molar-refractivity contribution >= 4 is 22.5 Å². The number of hydrogen-bond donors (Lipinski definition) is 1. The van der Waals surface area contributed by atoms with Crippen LogP contribution in [-0.2, 0) is 11.3 Å². The van der Waals surface area contributed by atoms with Crippen molar-refractivity contribution in [3.05, 3.63) is 36.0 Å². The minimum absolute atomic E-state index is 0.245. The van der Waals surface area contributed by atoms with Gasteiger partial charge in [-0.1, -0.05) is 12.1 Å². The second kappa shape index (κ2) is 4.29. The molecular formula is C14H15N3O. The molecule has 1 aromatic carbocycles. The van der Waals surface area contributed by atoms with Crippen LogP contribution >= 0.6 is 0 Å². The Morgan fingerprint density at radius 3 is 3.00 bits per heavy atom. The smallest absolute Gasteiger partial charge is 0.222 e. The summed E-state index contributed by atoms with van der Waals surface area (Å²) in [7, 11) is 0. The Bertz CT molecular complexity index is 609. The van der Waals surface area contributed by atoms with Crippen LogP contribution in [-0.4, -0.2) is 22.3 Å². The van der Waals surface area contributed by atoms with Crippen LogP contribution in [0.15, 0.2) is 30.5 Å². The van der Waals surface area contributed by atoms with Crippen molar-refractivity contribution in [3.63, 3.8) is 0 Å². The van der Waals surface area contributed by atoms with Gasteiger partial charge in [-0.25, -0.2) is 4.98 Å². The molecule has 0 radical (unpaired) electrons. The van der Waals surface area contributed by atoms with E-state index in [2.05, 4.69) is 4.98 Å². The Balaban J connectivity index is 1.93. The van der Waals surface area contributed by atoms with Gasteiger partial charge in [0, 0.05) is 31.1 Å². The summed E-state index contributed by atoms with van der Waals surface area (Å²) in [6.45, 7) is 1.53. The number of hydrogen-bond acceptors (Lipinski definition) is 3. The molecule has 2 N–H and O–H groups in total. The third-order valence-electron chi connectivity index (χ3n) is 3.41. The Morgan fingerprint density at radius 2 is 2.22 bits per heavy atom. The number of nitrogen functional groups attached to an aromatic ring is 1. The Labute approximate surface area is 105 Å². The van der Waals surface area contributed by atoms with Gasteiger partial charge in [0.05, 0.1) is 0 Å². The van der Waals surface area contributed by atoms with E-state index in [0.29, 0.717) is 18.8 Å². The number of carbonyl (C=O) groups excluding carboxylic acids is 1. The zero-order valence-corrected chi connectivity index (χ0v) is 10.1. The maximum Gasteiger partial charge on any atom is 0.222 e. The van der Waals surface area contributed by atoms with Crippen LogP contribution in [0.1, 0.15) is 18.4 Å². The van der Waals surface area contributed by atoms with Crippen molar-refractivity contribution in [1.29, 1.82) is 0 Å². The number of anilines is 1. The third-order valence-corrected chi connectivity index (χ3v) is 3.41. The summed E-state index contributed by atoms with van der Waals surface area (Å²) in [5.74, 6) is 0.788. The summed E-state index contributed by atoms with van der Waals surface area (Å²) in [4.78, 5) is 17.6. The van der Waals surface area contributed by atoms with E-state index in [9.17, 15) is 4.79 Å². The fourth-order valence-corrected chi connectivity index (χ4v) is 2.43. The molecule has 3 rings (SSSR count). The fraction of sp³-hybridized carbons (Fsp3) is 0.286. The fourth-order valence-electron chi connectivity index (χ4n) is 2.43. The molecule has 2 heterocycles. The normalized spacial score (nSPS) is 15.6. The molecule has 1 amide bonds. The molecule has 18 heavy (non-hydrogen) atoms. The lowest BCUT2D eigenvalue weighted by Crippen LogP contribution is -2.23. The van der Waals surface area contributed by atoms with E-state index in [0.717, 1.165) is 29.3 Å². The molecule has 0 atom stereocenters. The molecule has 1 fully saturated rings. The first-order valence-corrected chi connectivity index (χ1v) is 6.15. The molecule has 2 aromatic rings. The molecule has 1 aliphatic rings. The van der Waals surface area contributed by atoms with Crippen molar-refractivity contribution in [2.24, 2.45) is 0 Å². The number of likely N-dealkylation sites (tertiary alicyclic amines) is 1. The van der Waals surface area contributed by atoms with Gasteiger partial charge in [-0.05, 0) is 29.5 Å². The third kappa shape index (κ3) is 1.90. The molecule has 1 aliphatic heterocycles. The van der Waals surface area contributed by atoms with E-state index in [1.165, 1.54) is 0 Å². The van der Waals surface area contributed by atoms with Crippen LogP contribution in [0, 0.1) is 0 Å². The van der Waals surface area contributed by atoms with Gasteiger partial charge < -0.3 is 10.6 Å². The quantitative estimate of drug-likeness (QED) is 0.874. The van der Waals surface area contributed by atoms with Crippen LogP contribution in [0.3, 0.4) is 0 Å². The molecule has 0 aliphatic carbocycles. The van der Waals surface area contributed by atoms with Gasteiger partial charge in [0.15, 0.2) is 0 Å². The first-order valence-electron chi connectivity index (χ1n) is 6.15. The van der Waals surface area contributed by atoms with Gasteiger partial charge in [0.1, 0.15) is 5.82 Å². The number of nitrogens with zero attached hydrogens (tertiary/aromatic N) is 2. The molecule has 1 saturated heterocycles. The van der Waals surface area contributed by atoms with Crippen molar-refractivity contribution in [2.75, 3.05) is 12.3 Å². The highest BCUT2D eigenvalue weighted by Crippen LogP contribution is 2.22. The number of rotatable bonds is 2. The molecule has 4 nitrogen and oxygen atoms in total. The monoisotopic (exact) mass is 241 g/mol. The maximum atomic E-state index is 11.6. The number of aromatic nitrogens is 1.